The minimum Gasteiger partial charge on any atom is -0.352 e. The average Bonchev–Trinajstić information content (AvgIpc) is 2.64. The molecular weight excluding hydrogens is 324 g/mol. The number of hydrogen-bond acceptors (Lipinski definition) is 2. The van der Waals surface area contributed by atoms with Crippen molar-refractivity contribution in [1.82, 2.24) is 10.2 Å². The zero-order valence-electron chi connectivity index (χ0n) is 16.6. The molecule has 1 fully saturated rings. The number of amides is 2. The Morgan fingerprint density at radius 1 is 1.12 bits per heavy atom. The van der Waals surface area contributed by atoms with Gasteiger partial charge in [0.2, 0.25) is 11.8 Å². The van der Waals surface area contributed by atoms with Gasteiger partial charge in [0.05, 0.1) is 0 Å². The Labute approximate surface area is 158 Å². The molecule has 1 saturated carbocycles. The van der Waals surface area contributed by atoms with Crippen LogP contribution in [0.2, 0.25) is 0 Å². The van der Waals surface area contributed by atoms with E-state index in [-0.39, 0.29) is 17.9 Å². The van der Waals surface area contributed by atoms with E-state index < -0.39 is 6.04 Å². The van der Waals surface area contributed by atoms with Crippen molar-refractivity contribution in [3.05, 3.63) is 35.4 Å². The van der Waals surface area contributed by atoms with Gasteiger partial charge in [0.25, 0.3) is 0 Å². The van der Waals surface area contributed by atoms with Crippen LogP contribution in [-0.4, -0.2) is 28.8 Å². The molecule has 0 radical (unpaired) electrons. The summed E-state index contributed by atoms with van der Waals surface area (Å²) in [5.41, 5.74) is 2.27. The lowest BCUT2D eigenvalue weighted by Gasteiger charge is -2.32. The molecule has 1 atom stereocenters. The zero-order chi connectivity index (χ0) is 18.9. The van der Waals surface area contributed by atoms with Crippen molar-refractivity contribution in [2.24, 2.45) is 0 Å². The molecule has 1 aromatic carbocycles. The number of nitrogens with zero attached hydrogens (tertiary/aromatic N) is 1. The van der Waals surface area contributed by atoms with Gasteiger partial charge in [0.1, 0.15) is 6.04 Å². The monoisotopic (exact) mass is 358 g/mol. The van der Waals surface area contributed by atoms with E-state index in [1.807, 2.05) is 26.0 Å². The molecule has 1 unspecified atom stereocenters. The lowest BCUT2D eigenvalue weighted by molar-refractivity contribution is -0.141. The van der Waals surface area contributed by atoms with Crippen molar-refractivity contribution < 1.29 is 9.59 Å². The van der Waals surface area contributed by atoms with Crippen molar-refractivity contribution in [3.8, 4) is 0 Å². The second-order valence-electron chi connectivity index (χ2n) is 7.52. The molecule has 4 nitrogen and oxygen atoms in total. The molecular formula is C22H34N2O2. The first-order valence-corrected chi connectivity index (χ1v) is 10.2. The molecule has 2 amide bonds. The Balaban J connectivity index is 2.12. The molecule has 0 aliphatic heterocycles. The van der Waals surface area contributed by atoms with Gasteiger partial charge < -0.3 is 10.2 Å². The van der Waals surface area contributed by atoms with E-state index in [2.05, 4.69) is 24.4 Å². The Morgan fingerprint density at radius 3 is 2.35 bits per heavy atom. The van der Waals surface area contributed by atoms with Crippen LogP contribution in [0.4, 0.5) is 0 Å². The predicted octanol–water partition coefficient (Wildman–Crippen LogP) is 4.35. The summed E-state index contributed by atoms with van der Waals surface area (Å²) >= 11 is 0. The van der Waals surface area contributed by atoms with E-state index in [1.54, 1.807) is 4.90 Å². The van der Waals surface area contributed by atoms with E-state index in [0.29, 0.717) is 19.4 Å². The van der Waals surface area contributed by atoms with Gasteiger partial charge in [-0.05, 0) is 38.2 Å². The quantitative estimate of drug-likeness (QED) is 0.751. The normalized spacial score (nSPS) is 16.1. The Kier molecular flexibility index (Phi) is 8.14. The van der Waals surface area contributed by atoms with Gasteiger partial charge >= 0.3 is 0 Å². The summed E-state index contributed by atoms with van der Waals surface area (Å²) in [4.78, 5) is 27.5. The highest BCUT2D eigenvalue weighted by Crippen LogP contribution is 2.19. The molecule has 1 N–H and O–H groups in total. The predicted molar refractivity (Wildman–Crippen MR) is 106 cm³/mol. The molecule has 2 rings (SSSR count). The van der Waals surface area contributed by atoms with Gasteiger partial charge in [-0.2, -0.15) is 0 Å². The van der Waals surface area contributed by atoms with Crippen LogP contribution in [0.5, 0.6) is 0 Å². The number of rotatable bonds is 8. The van der Waals surface area contributed by atoms with Crippen LogP contribution in [0, 0.1) is 6.92 Å². The summed E-state index contributed by atoms with van der Waals surface area (Å²) in [6, 6.07) is 8.09. The Morgan fingerprint density at radius 2 is 1.77 bits per heavy atom. The first-order chi connectivity index (χ1) is 12.5. The highest BCUT2D eigenvalue weighted by atomic mass is 16.2. The standard InChI is InChI=1S/C22H34N2O2/c1-4-9-21(25)24(16-18-14-12-17(3)13-15-18)20(5-2)22(26)23-19-10-7-6-8-11-19/h12-15,19-20H,4-11,16H2,1-3H3,(H,23,26). The van der Waals surface area contributed by atoms with Crippen molar-refractivity contribution in [2.45, 2.75) is 90.8 Å². The van der Waals surface area contributed by atoms with Crippen molar-refractivity contribution in [3.63, 3.8) is 0 Å². The van der Waals surface area contributed by atoms with Crippen LogP contribution in [0.25, 0.3) is 0 Å². The van der Waals surface area contributed by atoms with E-state index in [0.717, 1.165) is 24.8 Å². The maximum absolute atomic E-state index is 12.9. The van der Waals surface area contributed by atoms with Gasteiger partial charge in [-0.1, -0.05) is 62.9 Å². The molecule has 0 heterocycles. The van der Waals surface area contributed by atoms with E-state index in [1.165, 1.54) is 24.8 Å². The first kappa shape index (κ1) is 20.5. The number of hydrogen-bond donors (Lipinski definition) is 1. The topological polar surface area (TPSA) is 49.4 Å². The molecule has 144 valence electrons. The lowest BCUT2D eigenvalue weighted by atomic mass is 9.95. The second kappa shape index (κ2) is 10.3. The number of carbonyl (C=O) groups excluding carboxylic acids is 2. The molecule has 26 heavy (non-hydrogen) atoms. The van der Waals surface area contributed by atoms with Gasteiger partial charge in [0, 0.05) is 19.0 Å². The third-order valence-electron chi connectivity index (χ3n) is 5.27. The highest BCUT2D eigenvalue weighted by molar-refractivity contribution is 5.87. The summed E-state index contributed by atoms with van der Waals surface area (Å²) in [7, 11) is 0. The molecule has 1 aliphatic rings. The highest BCUT2D eigenvalue weighted by Gasteiger charge is 2.29. The van der Waals surface area contributed by atoms with Gasteiger partial charge in [-0.3, -0.25) is 9.59 Å². The van der Waals surface area contributed by atoms with Crippen molar-refractivity contribution >= 4 is 11.8 Å². The minimum absolute atomic E-state index is 0.0102. The first-order valence-electron chi connectivity index (χ1n) is 10.2. The summed E-state index contributed by atoms with van der Waals surface area (Å²) in [6.45, 7) is 6.55. The van der Waals surface area contributed by atoms with Crippen LogP contribution in [0.1, 0.15) is 76.3 Å². The molecule has 0 bridgehead atoms. The Hall–Kier alpha value is -1.84. The average molecular weight is 359 g/mol. The molecule has 1 aliphatic carbocycles. The van der Waals surface area contributed by atoms with Crippen LogP contribution in [0.15, 0.2) is 24.3 Å². The fraction of sp³-hybridized carbons (Fsp3) is 0.636. The molecule has 0 saturated heterocycles. The lowest BCUT2D eigenvalue weighted by Crippen LogP contribution is -2.51. The fourth-order valence-corrected chi connectivity index (χ4v) is 3.71. The number of benzene rings is 1. The summed E-state index contributed by atoms with van der Waals surface area (Å²) < 4.78 is 0. The smallest absolute Gasteiger partial charge is 0.243 e. The minimum atomic E-state index is -0.391. The summed E-state index contributed by atoms with van der Waals surface area (Å²) in [6.07, 6.45) is 7.67. The van der Waals surface area contributed by atoms with E-state index in [9.17, 15) is 9.59 Å². The fourth-order valence-electron chi connectivity index (χ4n) is 3.71. The van der Waals surface area contributed by atoms with Gasteiger partial charge in [-0.25, -0.2) is 0 Å². The van der Waals surface area contributed by atoms with Crippen LogP contribution < -0.4 is 5.32 Å². The summed E-state index contributed by atoms with van der Waals surface area (Å²) in [5, 5.41) is 3.21. The molecule has 4 heteroatoms. The van der Waals surface area contributed by atoms with Crippen molar-refractivity contribution in [1.29, 1.82) is 0 Å². The summed E-state index contributed by atoms with van der Waals surface area (Å²) in [5.74, 6) is 0.0784. The number of nitrogens with one attached hydrogen (secondary N) is 1. The van der Waals surface area contributed by atoms with Gasteiger partial charge in [-0.15, -0.1) is 0 Å². The largest absolute Gasteiger partial charge is 0.352 e. The van der Waals surface area contributed by atoms with E-state index in [4.69, 9.17) is 0 Å². The van der Waals surface area contributed by atoms with Crippen LogP contribution in [-0.2, 0) is 16.1 Å². The van der Waals surface area contributed by atoms with Gasteiger partial charge in [0.15, 0.2) is 0 Å². The molecule has 0 spiro atoms. The van der Waals surface area contributed by atoms with E-state index >= 15 is 0 Å². The zero-order valence-corrected chi connectivity index (χ0v) is 16.6. The van der Waals surface area contributed by atoms with Crippen molar-refractivity contribution in [2.75, 3.05) is 0 Å². The molecule has 1 aromatic rings. The number of aryl methyl sites for hydroxylation is 1. The molecule has 0 aromatic heterocycles. The third-order valence-corrected chi connectivity index (χ3v) is 5.27. The number of carbonyl (C=O) groups is 2. The van der Waals surface area contributed by atoms with Crippen LogP contribution in [0.3, 0.4) is 0 Å². The SMILES string of the molecule is CCCC(=O)N(Cc1ccc(C)cc1)C(CC)C(=O)NC1CCCCC1. The third kappa shape index (κ3) is 5.86. The van der Waals surface area contributed by atoms with Crippen LogP contribution >= 0.6 is 0 Å². The second-order valence-corrected chi connectivity index (χ2v) is 7.52. The maximum atomic E-state index is 12.9. The maximum Gasteiger partial charge on any atom is 0.243 e. The Bertz CT molecular complexity index is 576.